The molecule has 0 spiro atoms. The van der Waals surface area contributed by atoms with Crippen molar-refractivity contribution in [3.05, 3.63) is 57.9 Å². The maximum Gasteiger partial charge on any atom is 0.191 e. The van der Waals surface area contributed by atoms with E-state index in [4.69, 9.17) is 0 Å². The zero-order chi connectivity index (χ0) is 17.6. The number of aromatic nitrogens is 1. The molecule has 25 heavy (non-hydrogen) atoms. The Bertz CT molecular complexity index is 833. The number of aliphatic imine (C=N–C) groups is 1. The first-order valence-corrected chi connectivity index (χ1v) is 9.65. The zero-order valence-electron chi connectivity index (χ0n) is 15.1. The molecule has 2 heterocycles. The minimum atomic E-state index is 0.474. The lowest BCUT2D eigenvalue weighted by Crippen LogP contribution is -2.39. The van der Waals surface area contributed by atoms with Gasteiger partial charge in [0.25, 0.3) is 0 Å². The van der Waals surface area contributed by atoms with Crippen LogP contribution in [0.4, 0.5) is 0 Å². The van der Waals surface area contributed by atoms with Crippen LogP contribution in [-0.4, -0.2) is 31.1 Å². The van der Waals surface area contributed by atoms with Gasteiger partial charge in [-0.2, -0.15) is 11.3 Å². The molecule has 1 aromatic carbocycles. The molecule has 3 rings (SSSR count). The Labute approximate surface area is 153 Å². The summed E-state index contributed by atoms with van der Waals surface area (Å²) in [4.78, 5) is 7.69. The largest absolute Gasteiger partial charge is 0.361 e. The van der Waals surface area contributed by atoms with Crippen molar-refractivity contribution in [3.63, 3.8) is 0 Å². The van der Waals surface area contributed by atoms with Crippen molar-refractivity contribution < 1.29 is 0 Å². The van der Waals surface area contributed by atoms with E-state index in [1.165, 1.54) is 27.6 Å². The molecule has 3 N–H and O–H groups in total. The van der Waals surface area contributed by atoms with Crippen LogP contribution in [0.3, 0.4) is 0 Å². The second-order valence-corrected chi connectivity index (χ2v) is 7.23. The number of benzene rings is 1. The molecule has 0 aliphatic heterocycles. The number of fused-ring (bicyclic) bond motifs is 1. The number of guanidine groups is 1. The second kappa shape index (κ2) is 8.21. The number of aryl methyl sites for hydroxylation is 1. The number of hydrogen-bond donors (Lipinski definition) is 3. The highest BCUT2D eigenvalue weighted by atomic mass is 32.1. The van der Waals surface area contributed by atoms with Crippen molar-refractivity contribution in [1.82, 2.24) is 15.6 Å². The highest BCUT2D eigenvalue weighted by Gasteiger charge is 2.08. The Hall–Kier alpha value is -2.27. The molecule has 0 amide bonds. The Morgan fingerprint density at radius 2 is 2.16 bits per heavy atom. The molecule has 5 heteroatoms. The van der Waals surface area contributed by atoms with Crippen LogP contribution in [0.5, 0.6) is 0 Å². The predicted molar refractivity (Wildman–Crippen MR) is 109 cm³/mol. The monoisotopic (exact) mass is 354 g/mol. The van der Waals surface area contributed by atoms with Gasteiger partial charge in [0.1, 0.15) is 0 Å². The summed E-state index contributed by atoms with van der Waals surface area (Å²) in [6.07, 6.45) is 3.07. The lowest BCUT2D eigenvalue weighted by atomic mass is 10.1. The van der Waals surface area contributed by atoms with Gasteiger partial charge in [-0.25, -0.2) is 0 Å². The fourth-order valence-corrected chi connectivity index (χ4v) is 3.75. The molecular formula is C20H26N4S. The molecule has 0 saturated carbocycles. The molecular weight excluding hydrogens is 328 g/mol. The van der Waals surface area contributed by atoms with E-state index >= 15 is 0 Å². The third kappa shape index (κ3) is 4.42. The molecule has 0 aliphatic rings. The molecule has 0 bridgehead atoms. The van der Waals surface area contributed by atoms with Crippen LogP contribution in [-0.2, 0) is 6.42 Å². The normalized spacial score (nSPS) is 13.2. The van der Waals surface area contributed by atoms with Gasteiger partial charge in [-0.1, -0.05) is 19.1 Å². The van der Waals surface area contributed by atoms with Crippen LogP contribution in [0, 0.1) is 6.92 Å². The minimum absolute atomic E-state index is 0.474. The lowest BCUT2D eigenvalue weighted by Gasteiger charge is -2.15. The van der Waals surface area contributed by atoms with Gasteiger partial charge < -0.3 is 15.6 Å². The highest BCUT2D eigenvalue weighted by Crippen LogP contribution is 2.19. The number of nitrogens with zero attached hydrogens (tertiary/aromatic N) is 1. The Kier molecular flexibility index (Phi) is 5.76. The minimum Gasteiger partial charge on any atom is -0.361 e. The van der Waals surface area contributed by atoms with Crippen molar-refractivity contribution in [2.24, 2.45) is 4.99 Å². The van der Waals surface area contributed by atoms with E-state index in [-0.39, 0.29) is 0 Å². The smallest absolute Gasteiger partial charge is 0.191 e. The van der Waals surface area contributed by atoms with E-state index in [0.29, 0.717) is 5.92 Å². The van der Waals surface area contributed by atoms with Crippen molar-refractivity contribution in [2.75, 3.05) is 20.1 Å². The maximum atomic E-state index is 4.32. The highest BCUT2D eigenvalue weighted by molar-refractivity contribution is 7.07. The first-order chi connectivity index (χ1) is 12.2. The molecule has 0 saturated heterocycles. The van der Waals surface area contributed by atoms with Gasteiger partial charge in [-0.3, -0.25) is 4.99 Å². The van der Waals surface area contributed by atoms with E-state index in [9.17, 15) is 0 Å². The number of rotatable bonds is 6. The van der Waals surface area contributed by atoms with Crippen LogP contribution < -0.4 is 10.6 Å². The summed E-state index contributed by atoms with van der Waals surface area (Å²) in [6, 6.07) is 8.75. The number of nitrogens with one attached hydrogen (secondary N) is 3. The average Bonchev–Trinajstić information content (AvgIpc) is 3.27. The molecule has 1 atom stereocenters. The Morgan fingerprint density at radius 3 is 2.92 bits per heavy atom. The third-order valence-corrected chi connectivity index (χ3v) is 5.22. The zero-order valence-corrected chi connectivity index (χ0v) is 15.9. The van der Waals surface area contributed by atoms with E-state index < -0.39 is 0 Å². The summed E-state index contributed by atoms with van der Waals surface area (Å²) in [7, 11) is 1.82. The van der Waals surface area contributed by atoms with Crippen molar-refractivity contribution >= 4 is 28.2 Å². The van der Waals surface area contributed by atoms with Crippen LogP contribution in [0.25, 0.3) is 10.9 Å². The Morgan fingerprint density at radius 1 is 1.28 bits per heavy atom. The van der Waals surface area contributed by atoms with Crippen LogP contribution in [0.15, 0.2) is 46.2 Å². The first kappa shape index (κ1) is 17.5. The maximum absolute atomic E-state index is 4.32. The van der Waals surface area contributed by atoms with E-state index in [2.05, 4.69) is 75.7 Å². The number of hydrogen-bond acceptors (Lipinski definition) is 2. The molecule has 4 nitrogen and oxygen atoms in total. The number of aromatic amines is 1. The average molecular weight is 355 g/mol. The van der Waals surface area contributed by atoms with Gasteiger partial charge in [0.05, 0.1) is 0 Å². The van der Waals surface area contributed by atoms with E-state index in [1.807, 2.05) is 7.05 Å². The van der Waals surface area contributed by atoms with Gasteiger partial charge in [-0.05, 0) is 58.8 Å². The van der Waals surface area contributed by atoms with Gasteiger partial charge in [-0.15, -0.1) is 0 Å². The standard InChI is InChI=1S/C20H26N4S/c1-14-4-5-18-16(12-23-19(18)10-14)6-8-22-20(21-3)24-11-15(2)17-7-9-25-13-17/h4-5,7,9-10,12-13,15,23H,6,8,11H2,1-3H3,(H2,21,22,24). The lowest BCUT2D eigenvalue weighted by molar-refractivity contribution is 0.700. The SMILES string of the molecule is CN=C(NCCc1c[nH]c2cc(C)ccc12)NCC(C)c1ccsc1. The summed E-state index contributed by atoms with van der Waals surface area (Å²) >= 11 is 1.75. The van der Waals surface area contributed by atoms with Gasteiger partial charge in [0.2, 0.25) is 0 Å². The number of thiophene rings is 1. The van der Waals surface area contributed by atoms with E-state index in [0.717, 1.165) is 25.5 Å². The van der Waals surface area contributed by atoms with Crippen LogP contribution in [0.1, 0.15) is 29.5 Å². The molecule has 132 valence electrons. The first-order valence-electron chi connectivity index (χ1n) is 8.70. The summed E-state index contributed by atoms with van der Waals surface area (Å²) in [5, 5.41) is 12.5. The molecule has 0 radical (unpaired) electrons. The van der Waals surface area contributed by atoms with Crippen LogP contribution in [0.2, 0.25) is 0 Å². The number of H-pyrrole nitrogens is 1. The molecule has 1 unspecified atom stereocenters. The van der Waals surface area contributed by atoms with Gasteiger partial charge in [0, 0.05) is 37.2 Å². The van der Waals surface area contributed by atoms with Gasteiger partial charge in [0.15, 0.2) is 5.96 Å². The van der Waals surface area contributed by atoms with Crippen LogP contribution >= 0.6 is 11.3 Å². The topological polar surface area (TPSA) is 52.2 Å². The molecule has 0 aliphatic carbocycles. The second-order valence-electron chi connectivity index (χ2n) is 6.45. The predicted octanol–water partition coefficient (Wildman–Crippen LogP) is 4.05. The van der Waals surface area contributed by atoms with E-state index in [1.54, 1.807) is 11.3 Å². The van der Waals surface area contributed by atoms with Gasteiger partial charge >= 0.3 is 0 Å². The summed E-state index contributed by atoms with van der Waals surface area (Å²) in [5.74, 6) is 1.33. The summed E-state index contributed by atoms with van der Waals surface area (Å²) in [5.41, 5.74) is 5.21. The molecule has 2 aromatic heterocycles. The van der Waals surface area contributed by atoms with Crippen molar-refractivity contribution in [2.45, 2.75) is 26.2 Å². The molecule has 0 fully saturated rings. The van der Waals surface area contributed by atoms with Crippen molar-refractivity contribution in [3.8, 4) is 0 Å². The fraction of sp³-hybridized carbons (Fsp3) is 0.350. The van der Waals surface area contributed by atoms with Crippen molar-refractivity contribution in [1.29, 1.82) is 0 Å². The third-order valence-electron chi connectivity index (χ3n) is 4.52. The fourth-order valence-electron chi connectivity index (χ4n) is 2.97. The summed E-state index contributed by atoms with van der Waals surface area (Å²) < 4.78 is 0. The summed E-state index contributed by atoms with van der Waals surface area (Å²) in [6.45, 7) is 6.08. The Balaban J connectivity index is 1.49. The quantitative estimate of drug-likeness (QED) is 0.462. The molecule has 3 aromatic rings.